The molecule has 266 valence electrons. The number of imide groups is 2. The van der Waals surface area contributed by atoms with E-state index in [4.69, 9.17) is 25.8 Å². The first-order valence-electron chi connectivity index (χ1n) is 15.7. The molecule has 0 aliphatic carbocycles. The van der Waals surface area contributed by atoms with E-state index < -0.39 is 41.2 Å². The molecule has 2 heterocycles. The SMILES string of the molecule is CC(C)(C)OC(=O)N(C(=O)O)c1ccc2c(ccn2C(C)(C)C)c1.CC(C)(C)OC(=O)N(C(=O)OC(C)(C)C)c1ccc2[nH]cc(Cl)c2c1. The summed E-state index contributed by atoms with van der Waals surface area (Å²) in [5.74, 6) is 0. The number of carbonyl (C=O) groups is 4. The Hall–Kier alpha value is -4.71. The van der Waals surface area contributed by atoms with Gasteiger partial charge in [0.25, 0.3) is 0 Å². The van der Waals surface area contributed by atoms with Crippen molar-refractivity contribution in [2.75, 3.05) is 9.80 Å². The van der Waals surface area contributed by atoms with Crippen LogP contribution in [0.15, 0.2) is 54.9 Å². The third kappa shape index (κ3) is 10.4. The summed E-state index contributed by atoms with van der Waals surface area (Å²) in [7, 11) is 0. The van der Waals surface area contributed by atoms with E-state index in [0.29, 0.717) is 21.0 Å². The largest absolute Gasteiger partial charge is 0.464 e. The molecule has 13 heteroatoms. The van der Waals surface area contributed by atoms with Crippen LogP contribution in [0.3, 0.4) is 0 Å². The van der Waals surface area contributed by atoms with Gasteiger partial charge in [-0.15, -0.1) is 0 Å². The lowest BCUT2D eigenvalue weighted by molar-refractivity contribution is 0.0428. The number of fused-ring (bicyclic) bond motifs is 2. The number of carboxylic acid groups (broad SMARTS) is 1. The lowest BCUT2D eigenvalue weighted by Gasteiger charge is -2.28. The molecule has 49 heavy (non-hydrogen) atoms. The normalized spacial score (nSPS) is 12.2. The molecule has 0 bridgehead atoms. The quantitative estimate of drug-likeness (QED) is 0.197. The first-order valence-corrected chi connectivity index (χ1v) is 16.1. The average molecular weight is 699 g/mol. The molecule has 12 nitrogen and oxygen atoms in total. The Morgan fingerprint density at radius 1 is 0.694 bits per heavy atom. The Labute approximate surface area is 291 Å². The van der Waals surface area contributed by atoms with Gasteiger partial charge in [0.05, 0.1) is 16.4 Å². The second kappa shape index (κ2) is 14.0. The number of anilines is 2. The second-order valence-corrected chi connectivity index (χ2v) is 15.8. The van der Waals surface area contributed by atoms with Crippen LogP contribution in [0.2, 0.25) is 5.02 Å². The maximum absolute atomic E-state index is 12.6. The Kier molecular flexibility index (Phi) is 11.1. The van der Waals surface area contributed by atoms with E-state index in [1.54, 1.807) is 98.8 Å². The number of nitrogens with one attached hydrogen (secondary N) is 1. The van der Waals surface area contributed by atoms with Crippen molar-refractivity contribution >= 4 is 69.2 Å². The zero-order chi connectivity index (χ0) is 37.3. The number of ether oxygens (including phenoxy) is 3. The summed E-state index contributed by atoms with van der Waals surface area (Å²) < 4.78 is 18.0. The van der Waals surface area contributed by atoms with Crippen molar-refractivity contribution in [3.05, 3.63) is 59.9 Å². The van der Waals surface area contributed by atoms with Gasteiger partial charge in [-0.05, 0) is 126 Å². The van der Waals surface area contributed by atoms with Gasteiger partial charge in [0, 0.05) is 39.7 Å². The van der Waals surface area contributed by atoms with Gasteiger partial charge in [0.1, 0.15) is 16.8 Å². The highest BCUT2D eigenvalue weighted by atomic mass is 35.5. The number of amides is 4. The maximum Gasteiger partial charge on any atom is 0.424 e. The number of hydrogen-bond donors (Lipinski definition) is 2. The van der Waals surface area contributed by atoms with Gasteiger partial charge in [-0.25, -0.2) is 19.2 Å². The molecule has 0 atom stereocenters. The monoisotopic (exact) mass is 698 g/mol. The molecule has 0 radical (unpaired) electrons. The molecule has 2 aromatic heterocycles. The van der Waals surface area contributed by atoms with Crippen molar-refractivity contribution < 1.29 is 38.5 Å². The number of halogens is 1. The summed E-state index contributed by atoms with van der Waals surface area (Å²) in [5, 5.41) is 11.5. The van der Waals surface area contributed by atoms with E-state index in [1.165, 1.54) is 0 Å². The summed E-state index contributed by atoms with van der Waals surface area (Å²) in [4.78, 5) is 53.5. The molecule has 4 rings (SSSR count). The Bertz CT molecular complexity index is 1820. The molecule has 0 aliphatic heterocycles. The van der Waals surface area contributed by atoms with E-state index in [2.05, 4.69) is 30.3 Å². The number of nitrogens with zero attached hydrogens (tertiary/aromatic N) is 3. The van der Waals surface area contributed by atoms with Crippen molar-refractivity contribution in [2.45, 2.75) is 105 Å². The van der Waals surface area contributed by atoms with Gasteiger partial charge in [-0.3, -0.25) is 0 Å². The Balaban J connectivity index is 0.000000266. The van der Waals surface area contributed by atoms with Crippen molar-refractivity contribution in [3.8, 4) is 0 Å². The molecule has 0 fully saturated rings. The van der Waals surface area contributed by atoms with E-state index >= 15 is 0 Å². The molecule has 2 N–H and O–H groups in total. The highest BCUT2D eigenvalue weighted by Gasteiger charge is 2.33. The highest BCUT2D eigenvalue weighted by Crippen LogP contribution is 2.31. The maximum atomic E-state index is 12.6. The van der Waals surface area contributed by atoms with Gasteiger partial charge in [-0.2, -0.15) is 9.80 Å². The van der Waals surface area contributed by atoms with Crippen LogP contribution in [-0.4, -0.2) is 55.8 Å². The molecule has 0 spiro atoms. The standard InChI is InChI=1S/C18H23ClN2O4.C18H24N2O4/c1-17(2,3)24-15(22)21(16(23)25-18(4,5)6)11-7-8-14-12(9-11)13(19)10-20-14;1-17(2,3)19-10-9-12-11-13(7-8-14(12)19)20(15(21)22)16(23)24-18(4,5)6/h7-10,20H,1-6H3;7-11H,1-6H3,(H,21,22). The molecule has 4 amide bonds. The molecule has 2 aromatic carbocycles. The number of hydrogen-bond acceptors (Lipinski definition) is 7. The number of rotatable bonds is 2. The van der Waals surface area contributed by atoms with Crippen LogP contribution >= 0.6 is 11.6 Å². The Morgan fingerprint density at radius 3 is 1.63 bits per heavy atom. The van der Waals surface area contributed by atoms with Crippen LogP contribution in [0.4, 0.5) is 30.6 Å². The van der Waals surface area contributed by atoms with Gasteiger partial charge in [0.15, 0.2) is 0 Å². The average Bonchev–Trinajstić information content (AvgIpc) is 3.49. The van der Waals surface area contributed by atoms with Crippen LogP contribution in [0, 0.1) is 0 Å². The summed E-state index contributed by atoms with van der Waals surface area (Å²) in [6, 6.07) is 12.0. The molecule has 4 aromatic rings. The first kappa shape index (κ1) is 38.7. The minimum atomic E-state index is -1.38. The second-order valence-electron chi connectivity index (χ2n) is 15.4. The molecular weight excluding hydrogens is 652 g/mol. The predicted octanol–water partition coefficient (Wildman–Crippen LogP) is 10.3. The lowest BCUT2D eigenvalue weighted by atomic mass is 10.1. The summed E-state index contributed by atoms with van der Waals surface area (Å²) in [6.45, 7) is 21.7. The number of aromatic nitrogens is 2. The number of H-pyrrole nitrogens is 1. The lowest BCUT2D eigenvalue weighted by Crippen LogP contribution is -2.43. The van der Waals surface area contributed by atoms with E-state index in [9.17, 15) is 24.3 Å². The molecule has 0 unspecified atom stereocenters. The van der Waals surface area contributed by atoms with Crippen molar-refractivity contribution in [3.63, 3.8) is 0 Å². The van der Waals surface area contributed by atoms with Crippen LogP contribution in [-0.2, 0) is 19.7 Å². The van der Waals surface area contributed by atoms with Gasteiger partial charge in [-0.1, -0.05) is 11.6 Å². The van der Waals surface area contributed by atoms with Crippen LogP contribution < -0.4 is 9.80 Å². The number of benzene rings is 2. The zero-order valence-corrected chi connectivity index (χ0v) is 31.0. The number of aromatic amines is 1. The summed E-state index contributed by atoms with van der Waals surface area (Å²) in [5.41, 5.74) is -0.0395. The summed E-state index contributed by atoms with van der Waals surface area (Å²) >= 11 is 6.14. The third-order valence-corrected chi connectivity index (χ3v) is 6.76. The van der Waals surface area contributed by atoms with Crippen LogP contribution in [0.1, 0.15) is 83.1 Å². The van der Waals surface area contributed by atoms with E-state index in [0.717, 1.165) is 21.3 Å². The van der Waals surface area contributed by atoms with Crippen molar-refractivity contribution in [1.82, 2.24) is 9.55 Å². The summed E-state index contributed by atoms with van der Waals surface area (Å²) in [6.07, 6.45) is -0.321. The smallest absolute Gasteiger partial charge is 0.424 e. The fraction of sp³-hybridized carbons (Fsp3) is 0.444. The van der Waals surface area contributed by atoms with Gasteiger partial charge < -0.3 is 28.9 Å². The molecule has 0 aliphatic rings. The van der Waals surface area contributed by atoms with Crippen LogP contribution in [0.25, 0.3) is 21.8 Å². The van der Waals surface area contributed by atoms with Crippen molar-refractivity contribution in [2.24, 2.45) is 0 Å². The fourth-order valence-corrected chi connectivity index (χ4v) is 4.78. The van der Waals surface area contributed by atoms with E-state index in [1.807, 2.05) is 18.3 Å². The van der Waals surface area contributed by atoms with Crippen molar-refractivity contribution in [1.29, 1.82) is 0 Å². The van der Waals surface area contributed by atoms with E-state index in [-0.39, 0.29) is 11.2 Å². The highest BCUT2D eigenvalue weighted by molar-refractivity contribution is 6.35. The first-order chi connectivity index (χ1) is 22.3. The number of carbonyl (C=O) groups excluding carboxylic acids is 3. The Morgan fingerprint density at radius 2 is 1.16 bits per heavy atom. The zero-order valence-electron chi connectivity index (χ0n) is 30.2. The molecular formula is C36H47ClN4O8. The minimum absolute atomic E-state index is 0.0963. The fourth-order valence-electron chi connectivity index (χ4n) is 4.57. The molecule has 0 saturated heterocycles. The predicted molar refractivity (Wildman–Crippen MR) is 192 cm³/mol. The molecule has 0 saturated carbocycles. The van der Waals surface area contributed by atoms with Gasteiger partial charge >= 0.3 is 24.4 Å². The third-order valence-electron chi connectivity index (χ3n) is 6.45. The minimum Gasteiger partial charge on any atom is -0.464 e. The topological polar surface area (TPSA) is 143 Å². The van der Waals surface area contributed by atoms with Crippen LogP contribution in [0.5, 0.6) is 0 Å². The van der Waals surface area contributed by atoms with Gasteiger partial charge in [0.2, 0.25) is 0 Å².